The van der Waals surface area contributed by atoms with E-state index in [1.54, 1.807) is 6.92 Å². The summed E-state index contributed by atoms with van der Waals surface area (Å²) < 4.78 is 15.3. The van der Waals surface area contributed by atoms with Crippen LogP contribution in [0.5, 0.6) is 0 Å². The van der Waals surface area contributed by atoms with Gasteiger partial charge in [0, 0.05) is 24.4 Å². The minimum Gasteiger partial charge on any atom is -0.345 e. The Balaban J connectivity index is 2.31. The Morgan fingerprint density at radius 1 is 1.14 bits per heavy atom. The molecule has 21 heavy (non-hydrogen) atoms. The Hall–Kier alpha value is -1.90. The summed E-state index contributed by atoms with van der Waals surface area (Å²) in [6.45, 7) is 4.72. The van der Waals surface area contributed by atoms with E-state index in [4.69, 9.17) is 0 Å². The van der Waals surface area contributed by atoms with Gasteiger partial charge in [-0.15, -0.1) is 0 Å². The number of nitrogens with zero attached hydrogens (tertiary/aromatic N) is 1. The van der Waals surface area contributed by atoms with Gasteiger partial charge in [-0.05, 0) is 61.7 Å². The van der Waals surface area contributed by atoms with Gasteiger partial charge in [-0.2, -0.15) is 0 Å². The lowest BCUT2D eigenvalue weighted by Gasteiger charge is -2.13. The molecule has 0 atom stereocenters. The number of hydrogen-bond donors (Lipinski definition) is 0. The summed E-state index contributed by atoms with van der Waals surface area (Å²) in [6, 6.07) is 10.7. The summed E-state index contributed by atoms with van der Waals surface area (Å²) in [4.78, 5) is 11.2. The van der Waals surface area contributed by atoms with Crippen LogP contribution in [0.1, 0.15) is 38.8 Å². The van der Waals surface area contributed by atoms with E-state index in [0.717, 1.165) is 37.1 Å². The van der Waals surface area contributed by atoms with Crippen molar-refractivity contribution < 1.29 is 9.18 Å². The fraction of sp³-hybridized carbons (Fsp3) is 0.389. The zero-order valence-electron chi connectivity index (χ0n) is 12.7. The van der Waals surface area contributed by atoms with E-state index in [1.807, 2.05) is 12.1 Å². The lowest BCUT2D eigenvalue weighted by Crippen LogP contribution is -2.06. The van der Waals surface area contributed by atoms with Gasteiger partial charge in [0.1, 0.15) is 11.6 Å². The van der Waals surface area contributed by atoms with Crippen molar-refractivity contribution in [2.45, 2.75) is 46.1 Å². The van der Waals surface area contributed by atoms with Crippen LogP contribution in [0.4, 0.5) is 4.39 Å². The third-order valence-corrected chi connectivity index (χ3v) is 3.68. The van der Waals surface area contributed by atoms with Gasteiger partial charge in [0.25, 0.3) is 0 Å². The monoisotopic (exact) mass is 287 g/mol. The van der Waals surface area contributed by atoms with Gasteiger partial charge in [-0.1, -0.05) is 13.3 Å². The number of aromatic nitrogens is 1. The maximum Gasteiger partial charge on any atom is 0.130 e. The molecule has 0 aliphatic rings. The Morgan fingerprint density at radius 3 is 2.48 bits per heavy atom. The van der Waals surface area contributed by atoms with Crippen molar-refractivity contribution in [1.82, 2.24) is 4.57 Å². The van der Waals surface area contributed by atoms with Gasteiger partial charge in [-0.3, -0.25) is 0 Å². The van der Waals surface area contributed by atoms with Gasteiger partial charge in [0.2, 0.25) is 0 Å². The standard InChI is InChI=1S/C18H22FNO/c1-3-4-13-20-17(10-5-14(2)21)11-12-18(20)15-6-8-16(19)9-7-15/h6-9,11-12H,3-5,10,13H2,1-2H3. The number of carbonyl (C=O) groups is 1. The summed E-state index contributed by atoms with van der Waals surface area (Å²) in [5, 5.41) is 0. The topological polar surface area (TPSA) is 22.0 Å². The molecule has 0 radical (unpaired) electrons. The van der Waals surface area contributed by atoms with Crippen molar-refractivity contribution in [2.24, 2.45) is 0 Å². The molecule has 0 spiro atoms. The van der Waals surface area contributed by atoms with Gasteiger partial charge in [0.15, 0.2) is 0 Å². The van der Waals surface area contributed by atoms with Crippen LogP contribution in [-0.2, 0) is 17.8 Å². The molecule has 0 N–H and O–H groups in total. The van der Waals surface area contributed by atoms with Crippen molar-refractivity contribution in [3.63, 3.8) is 0 Å². The van der Waals surface area contributed by atoms with Crippen molar-refractivity contribution >= 4 is 5.78 Å². The Kier molecular flexibility index (Phi) is 5.32. The summed E-state index contributed by atoms with van der Waals surface area (Å²) in [7, 11) is 0. The molecule has 0 saturated heterocycles. The molecule has 3 heteroatoms. The van der Waals surface area contributed by atoms with Crippen LogP contribution in [-0.4, -0.2) is 10.4 Å². The highest BCUT2D eigenvalue weighted by molar-refractivity contribution is 5.75. The third kappa shape index (κ3) is 4.03. The van der Waals surface area contributed by atoms with E-state index in [1.165, 1.54) is 17.8 Å². The second-order valence-corrected chi connectivity index (χ2v) is 5.42. The predicted octanol–water partition coefficient (Wildman–Crippen LogP) is 4.62. The maximum absolute atomic E-state index is 13.1. The Morgan fingerprint density at radius 2 is 1.86 bits per heavy atom. The smallest absolute Gasteiger partial charge is 0.130 e. The number of carbonyl (C=O) groups excluding carboxylic acids is 1. The van der Waals surface area contributed by atoms with Gasteiger partial charge < -0.3 is 9.36 Å². The highest BCUT2D eigenvalue weighted by Gasteiger charge is 2.10. The van der Waals surface area contributed by atoms with Crippen molar-refractivity contribution in [3.05, 3.63) is 47.9 Å². The van der Waals surface area contributed by atoms with E-state index in [9.17, 15) is 9.18 Å². The van der Waals surface area contributed by atoms with Crippen LogP contribution in [0.3, 0.4) is 0 Å². The largest absolute Gasteiger partial charge is 0.345 e. The molecule has 1 aromatic carbocycles. The van der Waals surface area contributed by atoms with Crippen LogP contribution in [0.25, 0.3) is 11.3 Å². The van der Waals surface area contributed by atoms with Crippen LogP contribution in [0, 0.1) is 5.82 Å². The molecular formula is C18H22FNO. The molecule has 1 heterocycles. The van der Waals surface area contributed by atoms with E-state index in [-0.39, 0.29) is 11.6 Å². The molecule has 0 bridgehead atoms. The molecular weight excluding hydrogens is 265 g/mol. The molecule has 0 aliphatic heterocycles. The number of hydrogen-bond acceptors (Lipinski definition) is 1. The van der Waals surface area contributed by atoms with Gasteiger partial charge in [0.05, 0.1) is 0 Å². The molecule has 2 rings (SSSR count). The molecule has 112 valence electrons. The summed E-state index contributed by atoms with van der Waals surface area (Å²) in [6.07, 6.45) is 3.54. The Labute approximate surface area is 125 Å². The van der Waals surface area contributed by atoms with E-state index < -0.39 is 0 Å². The number of Topliss-reactive ketones (excluding diaryl/α,β-unsaturated/α-hetero) is 1. The fourth-order valence-corrected chi connectivity index (χ4v) is 2.49. The fourth-order valence-electron chi connectivity index (χ4n) is 2.49. The number of halogens is 1. The third-order valence-electron chi connectivity index (χ3n) is 3.68. The second kappa shape index (κ2) is 7.21. The molecule has 0 unspecified atom stereocenters. The first kappa shape index (κ1) is 15.5. The number of benzene rings is 1. The minimum atomic E-state index is -0.220. The highest BCUT2D eigenvalue weighted by atomic mass is 19.1. The van der Waals surface area contributed by atoms with Crippen molar-refractivity contribution in [2.75, 3.05) is 0 Å². The average Bonchev–Trinajstić information content (AvgIpc) is 2.86. The second-order valence-electron chi connectivity index (χ2n) is 5.42. The molecule has 0 fully saturated rings. The summed E-state index contributed by atoms with van der Waals surface area (Å²) in [5.74, 6) is -0.0104. The molecule has 1 aromatic heterocycles. The molecule has 0 aliphatic carbocycles. The normalized spacial score (nSPS) is 10.8. The molecule has 2 aromatic rings. The van der Waals surface area contributed by atoms with Crippen LogP contribution < -0.4 is 0 Å². The zero-order chi connectivity index (χ0) is 15.2. The van der Waals surface area contributed by atoms with Crippen LogP contribution in [0.15, 0.2) is 36.4 Å². The maximum atomic E-state index is 13.1. The lowest BCUT2D eigenvalue weighted by atomic mass is 10.1. The number of aryl methyl sites for hydroxylation is 1. The molecule has 0 saturated carbocycles. The Bertz CT molecular complexity index is 598. The van der Waals surface area contributed by atoms with E-state index in [0.29, 0.717) is 6.42 Å². The lowest BCUT2D eigenvalue weighted by molar-refractivity contribution is -0.117. The molecule has 0 amide bonds. The van der Waals surface area contributed by atoms with Gasteiger partial charge in [-0.25, -0.2) is 4.39 Å². The quantitative estimate of drug-likeness (QED) is 0.728. The van der Waals surface area contributed by atoms with E-state index in [2.05, 4.69) is 23.6 Å². The SMILES string of the molecule is CCCCn1c(CCC(C)=O)ccc1-c1ccc(F)cc1. The first-order valence-corrected chi connectivity index (χ1v) is 7.55. The minimum absolute atomic E-state index is 0.210. The summed E-state index contributed by atoms with van der Waals surface area (Å²) >= 11 is 0. The summed E-state index contributed by atoms with van der Waals surface area (Å²) in [5.41, 5.74) is 3.29. The first-order valence-electron chi connectivity index (χ1n) is 7.55. The number of ketones is 1. The zero-order valence-corrected chi connectivity index (χ0v) is 12.7. The number of rotatable bonds is 7. The predicted molar refractivity (Wildman–Crippen MR) is 83.7 cm³/mol. The molecule has 2 nitrogen and oxygen atoms in total. The number of unbranched alkanes of at least 4 members (excludes halogenated alkanes) is 1. The van der Waals surface area contributed by atoms with Crippen molar-refractivity contribution in [3.8, 4) is 11.3 Å². The van der Waals surface area contributed by atoms with Crippen LogP contribution >= 0.6 is 0 Å². The first-order chi connectivity index (χ1) is 10.1. The van der Waals surface area contributed by atoms with Crippen LogP contribution in [0.2, 0.25) is 0 Å². The highest BCUT2D eigenvalue weighted by Crippen LogP contribution is 2.24. The van der Waals surface area contributed by atoms with Crippen molar-refractivity contribution in [1.29, 1.82) is 0 Å². The van der Waals surface area contributed by atoms with Gasteiger partial charge >= 0.3 is 0 Å². The average molecular weight is 287 g/mol. The van der Waals surface area contributed by atoms with E-state index >= 15 is 0 Å².